The second-order valence-electron chi connectivity index (χ2n) is 5.48. The lowest BCUT2D eigenvalue weighted by Crippen LogP contribution is -2.39. The molecule has 0 spiro atoms. The topological polar surface area (TPSA) is 6.25 Å². The molecule has 1 heterocycles. The first-order valence-electron chi connectivity index (χ1n) is 7.72. The van der Waals surface area contributed by atoms with Crippen molar-refractivity contribution in [2.45, 2.75) is 82.4 Å². The first-order valence-corrected chi connectivity index (χ1v) is 9.89. The zero-order valence-electron chi connectivity index (χ0n) is 12.6. The first-order chi connectivity index (χ1) is 9.57. The predicted molar refractivity (Wildman–Crippen MR) is 99.1 cm³/mol. The van der Waals surface area contributed by atoms with Crippen molar-refractivity contribution in [3.05, 3.63) is 0 Å². The fraction of sp³-hybridized carbons (Fsp3) is 0.929. The van der Waals surface area contributed by atoms with Gasteiger partial charge in [0.05, 0.1) is 6.04 Å². The lowest BCUT2D eigenvalue weighted by atomic mass is 10.1. The Morgan fingerprint density at radius 3 is 2.25 bits per heavy atom. The van der Waals surface area contributed by atoms with Crippen LogP contribution in [0.2, 0.25) is 0 Å². The van der Waals surface area contributed by atoms with Gasteiger partial charge < -0.3 is 0 Å². The lowest BCUT2D eigenvalue weighted by molar-refractivity contribution is -0.568. The molecule has 116 valence electrons. The maximum Gasteiger partial charge on any atom is 0.354 e. The predicted octanol–water partition coefficient (Wildman–Crippen LogP) is 5.11. The summed E-state index contributed by atoms with van der Waals surface area (Å²) in [6.45, 7) is 4.49. The second kappa shape index (κ2) is 10.4. The molecule has 1 aliphatic rings. The van der Waals surface area contributed by atoms with Gasteiger partial charge in [0.2, 0.25) is 0 Å². The summed E-state index contributed by atoms with van der Waals surface area (Å²) in [5.41, 5.74) is 0. The molecule has 2 atom stereocenters. The molecule has 0 bridgehead atoms. The third-order valence-corrected chi connectivity index (χ3v) is 6.14. The van der Waals surface area contributed by atoms with E-state index in [2.05, 4.69) is 31.5 Å². The van der Waals surface area contributed by atoms with Gasteiger partial charge in [0, 0.05) is 28.0 Å². The minimum absolute atomic E-state index is 0.0871. The molecule has 0 N–H and O–H groups in total. The molecule has 1 saturated heterocycles. The SMILES string of the molecule is CCCCCCCCCCC(C)N1C(S)SC(=S)[N+]1=S. The van der Waals surface area contributed by atoms with E-state index in [1.165, 1.54) is 57.8 Å². The van der Waals surface area contributed by atoms with Crippen molar-refractivity contribution in [1.82, 2.24) is 5.01 Å². The van der Waals surface area contributed by atoms with Crippen molar-refractivity contribution in [3.63, 3.8) is 0 Å². The van der Waals surface area contributed by atoms with Crippen LogP contribution in [-0.4, -0.2) is 24.1 Å². The zero-order valence-corrected chi connectivity index (χ0v) is 15.9. The molecule has 2 unspecified atom stereocenters. The molecule has 0 radical (unpaired) electrons. The fourth-order valence-electron chi connectivity index (χ4n) is 2.48. The summed E-state index contributed by atoms with van der Waals surface area (Å²) in [7, 11) is 0. The monoisotopic (exact) mass is 351 g/mol. The Morgan fingerprint density at radius 2 is 1.75 bits per heavy atom. The summed E-state index contributed by atoms with van der Waals surface area (Å²) in [6.07, 6.45) is 12.1. The van der Waals surface area contributed by atoms with Gasteiger partial charge in [-0.3, -0.25) is 0 Å². The largest absolute Gasteiger partial charge is 0.354 e. The molecular weight excluding hydrogens is 324 g/mol. The van der Waals surface area contributed by atoms with Gasteiger partial charge in [-0.15, -0.1) is 17.6 Å². The number of unbranched alkanes of at least 4 members (excludes halogenated alkanes) is 7. The number of hydrogen-bond donors (Lipinski definition) is 1. The van der Waals surface area contributed by atoms with Crippen molar-refractivity contribution in [2.75, 3.05) is 0 Å². The molecule has 2 nitrogen and oxygen atoms in total. The van der Waals surface area contributed by atoms with Crippen LogP contribution < -0.4 is 0 Å². The van der Waals surface area contributed by atoms with Crippen LogP contribution in [0.1, 0.15) is 71.6 Å². The highest BCUT2D eigenvalue weighted by atomic mass is 32.2. The number of thiocarbonyl (C=S) groups is 1. The Balaban J connectivity index is 2.10. The van der Waals surface area contributed by atoms with Crippen molar-refractivity contribution >= 4 is 53.4 Å². The standard InChI is InChI=1S/C14H26N2S4/c1-3-4-5-6-7-8-9-10-11-12(2)15-13(17)20-14(18)16(15)19/h12-13H,3-11H2,1-2H3/p+1. The van der Waals surface area contributed by atoms with Gasteiger partial charge in [-0.05, 0) is 13.3 Å². The van der Waals surface area contributed by atoms with Gasteiger partial charge in [0.15, 0.2) is 4.71 Å². The number of hydrogen-bond acceptors (Lipinski definition) is 4. The highest BCUT2D eigenvalue weighted by Gasteiger charge is 2.42. The minimum Gasteiger partial charge on any atom is -0.139 e. The minimum atomic E-state index is 0.0871. The number of thioether (sulfide) groups is 1. The molecule has 1 aliphatic heterocycles. The summed E-state index contributed by atoms with van der Waals surface area (Å²) in [4.78, 5) is 0. The fourth-order valence-corrected chi connectivity index (χ4v) is 4.98. The Labute approximate surface area is 144 Å². The van der Waals surface area contributed by atoms with E-state index in [-0.39, 0.29) is 4.71 Å². The number of rotatable bonds is 10. The first kappa shape index (κ1) is 18.7. The summed E-state index contributed by atoms with van der Waals surface area (Å²) in [5.74, 6) is 0. The Kier molecular flexibility index (Phi) is 9.66. The van der Waals surface area contributed by atoms with Crippen LogP contribution in [0.25, 0.3) is 0 Å². The molecular formula is C14H27N2S4+. The van der Waals surface area contributed by atoms with E-state index < -0.39 is 0 Å². The molecule has 6 heteroatoms. The molecule has 20 heavy (non-hydrogen) atoms. The maximum atomic E-state index is 5.31. The van der Waals surface area contributed by atoms with Crippen LogP contribution in [0.5, 0.6) is 0 Å². The quantitative estimate of drug-likeness (QED) is 0.253. The molecule has 0 amide bonds. The average molecular weight is 352 g/mol. The van der Waals surface area contributed by atoms with Crippen molar-refractivity contribution < 1.29 is 4.05 Å². The average Bonchev–Trinajstić information content (AvgIpc) is 2.66. The number of thiol groups is 1. The maximum absolute atomic E-state index is 5.31. The molecule has 1 fully saturated rings. The van der Waals surface area contributed by atoms with Crippen LogP contribution in [0.15, 0.2) is 0 Å². The third-order valence-electron chi connectivity index (χ3n) is 3.73. The molecule has 0 aromatic carbocycles. The van der Waals surface area contributed by atoms with Crippen molar-refractivity contribution in [2.24, 2.45) is 0 Å². The highest BCUT2D eigenvalue weighted by molar-refractivity contribution is 8.27. The van der Waals surface area contributed by atoms with Gasteiger partial charge in [0.25, 0.3) is 0 Å². The molecule has 1 rings (SSSR count). The second-order valence-corrected chi connectivity index (χ2v) is 8.37. The smallest absolute Gasteiger partial charge is 0.139 e. The van der Waals surface area contributed by atoms with E-state index in [4.69, 9.17) is 24.6 Å². The summed E-state index contributed by atoms with van der Waals surface area (Å²) in [6, 6.07) is 0.419. The van der Waals surface area contributed by atoms with E-state index >= 15 is 0 Å². The molecule has 0 aromatic rings. The Bertz CT molecular complexity index is 322. The van der Waals surface area contributed by atoms with Crippen LogP contribution in [-0.2, 0) is 12.4 Å². The van der Waals surface area contributed by atoms with Crippen LogP contribution >= 0.6 is 36.6 Å². The number of hydrazine groups is 1. The van der Waals surface area contributed by atoms with E-state index in [0.717, 1.165) is 4.32 Å². The third kappa shape index (κ3) is 6.16. The van der Waals surface area contributed by atoms with Gasteiger partial charge in [-0.25, -0.2) is 0 Å². The van der Waals surface area contributed by atoms with Gasteiger partial charge in [-0.2, -0.15) is 0 Å². The molecule has 0 aromatic heterocycles. The normalized spacial score (nSPS) is 20.8. The van der Waals surface area contributed by atoms with E-state index in [1.807, 2.05) is 0 Å². The van der Waals surface area contributed by atoms with Crippen LogP contribution in [0.3, 0.4) is 0 Å². The van der Waals surface area contributed by atoms with E-state index in [0.29, 0.717) is 6.04 Å². The summed E-state index contributed by atoms with van der Waals surface area (Å²) in [5, 5.41) is 2.12. The highest BCUT2D eigenvalue weighted by Crippen LogP contribution is 2.32. The summed E-state index contributed by atoms with van der Waals surface area (Å²) < 4.78 is 2.51. The van der Waals surface area contributed by atoms with Gasteiger partial charge in [-0.1, -0.05) is 58.3 Å². The Hall–Kier alpha value is 0.610. The Morgan fingerprint density at radius 1 is 1.20 bits per heavy atom. The van der Waals surface area contributed by atoms with Gasteiger partial charge in [0.1, 0.15) is 0 Å². The molecule has 0 saturated carbocycles. The summed E-state index contributed by atoms with van der Waals surface area (Å²) >= 11 is 16.6. The zero-order chi connectivity index (χ0) is 15.0. The van der Waals surface area contributed by atoms with Crippen LogP contribution in [0.4, 0.5) is 0 Å². The van der Waals surface area contributed by atoms with Gasteiger partial charge >= 0.3 is 16.7 Å². The van der Waals surface area contributed by atoms with Crippen LogP contribution in [0, 0.1) is 0 Å². The van der Waals surface area contributed by atoms with Crippen molar-refractivity contribution in [1.29, 1.82) is 0 Å². The van der Waals surface area contributed by atoms with Crippen molar-refractivity contribution in [3.8, 4) is 0 Å². The van der Waals surface area contributed by atoms with E-state index in [1.54, 1.807) is 15.8 Å². The molecule has 0 aliphatic carbocycles. The van der Waals surface area contributed by atoms with E-state index in [9.17, 15) is 0 Å². The lowest BCUT2D eigenvalue weighted by Gasteiger charge is -2.20. The number of nitrogens with zero attached hydrogens (tertiary/aromatic N) is 2.